The zero-order chi connectivity index (χ0) is 18.9. The summed E-state index contributed by atoms with van der Waals surface area (Å²) in [5.74, 6) is -2.47. The van der Waals surface area contributed by atoms with Gasteiger partial charge in [0.05, 0.1) is 5.69 Å². The maximum absolute atomic E-state index is 14.2. The number of aromatic nitrogens is 2. The number of aromatic amines is 1. The molecule has 3 rings (SSSR count). The number of anilines is 1. The third kappa shape index (κ3) is 4.06. The summed E-state index contributed by atoms with van der Waals surface area (Å²) in [7, 11) is 0. The van der Waals surface area contributed by atoms with Gasteiger partial charge in [-0.3, -0.25) is 0 Å². The van der Waals surface area contributed by atoms with E-state index in [2.05, 4.69) is 10.4 Å². The van der Waals surface area contributed by atoms with Gasteiger partial charge in [0.1, 0.15) is 11.4 Å². The van der Waals surface area contributed by atoms with Crippen LogP contribution in [0, 0.1) is 11.7 Å². The molecule has 10 heteroatoms. The zero-order valence-corrected chi connectivity index (χ0v) is 13.7. The molecule has 0 saturated heterocycles. The Morgan fingerprint density at radius 2 is 1.96 bits per heavy atom. The van der Waals surface area contributed by atoms with Gasteiger partial charge < -0.3 is 15.5 Å². The van der Waals surface area contributed by atoms with Gasteiger partial charge in [0.25, 0.3) is 0 Å². The molecule has 0 bridgehead atoms. The van der Waals surface area contributed by atoms with E-state index in [4.69, 9.17) is 10.2 Å². The molecular weight excluding hydrogens is 356 g/mol. The fourth-order valence-electron chi connectivity index (χ4n) is 3.16. The number of rotatable bonds is 4. The van der Waals surface area contributed by atoms with Gasteiger partial charge >= 0.3 is 11.9 Å². The maximum Gasteiger partial charge on any atom is 0.434 e. The molecule has 1 saturated carbocycles. The average molecular weight is 374 g/mol. The summed E-state index contributed by atoms with van der Waals surface area (Å²) in [4.78, 5) is 11.0. The largest absolute Gasteiger partial charge is 0.434 e. The zero-order valence-electron chi connectivity index (χ0n) is 13.7. The van der Waals surface area contributed by atoms with E-state index in [-0.39, 0.29) is 30.0 Å². The highest BCUT2D eigenvalue weighted by Gasteiger charge is 2.38. The van der Waals surface area contributed by atoms with Crippen molar-refractivity contribution in [1.29, 1.82) is 0 Å². The van der Waals surface area contributed by atoms with Crippen molar-refractivity contribution >= 4 is 5.69 Å². The lowest BCUT2D eigenvalue weighted by Crippen LogP contribution is -2.29. The van der Waals surface area contributed by atoms with Crippen LogP contribution in [0.4, 0.5) is 23.2 Å². The number of benzene rings is 1. The standard InChI is InChI=1S/C16H18F4N4O2/c17-11-5-9(14-23-24-15(25)26-14)6-12(13(11)16(18,19)20)22-7-8-1-3-10(21)4-2-8/h5-6,8,10,22H,1-4,7,21H2,(H,24,25). The third-order valence-electron chi connectivity index (χ3n) is 4.53. The quantitative estimate of drug-likeness (QED) is 0.715. The Morgan fingerprint density at radius 1 is 1.27 bits per heavy atom. The van der Waals surface area contributed by atoms with Crippen LogP contribution in [0.15, 0.2) is 21.3 Å². The van der Waals surface area contributed by atoms with E-state index >= 15 is 0 Å². The number of hydrogen-bond donors (Lipinski definition) is 3. The molecule has 0 spiro atoms. The van der Waals surface area contributed by atoms with Gasteiger partial charge in [-0.2, -0.15) is 13.2 Å². The second-order valence-corrected chi connectivity index (χ2v) is 6.46. The first-order valence-corrected chi connectivity index (χ1v) is 8.20. The van der Waals surface area contributed by atoms with Crippen molar-refractivity contribution in [2.45, 2.75) is 37.9 Å². The van der Waals surface area contributed by atoms with E-state index < -0.39 is 29.0 Å². The molecule has 1 aliphatic rings. The van der Waals surface area contributed by atoms with Crippen LogP contribution in [0.1, 0.15) is 31.2 Å². The molecule has 1 aromatic carbocycles. The van der Waals surface area contributed by atoms with E-state index in [9.17, 15) is 22.4 Å². The van der Waals surface area contributed by atoms with Crippen molar-refractivity contribution in [1.82, 2.24) is 10.2 Å². The summed E-state index contributed by atoms with van der Waals surface area (Å²) in [5, 5.41) is 8.22. The molecule has 1 heterocycles. The predicted molar refractivity (Wildman–Crippen MR) is 85.9 cm³/mol. The summed E-state index contributed by atoms with van der Waals surface area (Å²) in [6, 6.07) is 1.85. The van der Waals surface area contributed by atoms with Gasteiger partial charge in [-0.05, 0) is 43.7 Å². The number of alkyl halides is 3. The number of halogens is 4. The van der Waals surface area contributed by atoms with Crippen LogP contribution in [0.3, 0.4) is 0 Å². The first kappa shape index (κ1) is 18.4. The van der Waals surface area contributed by atoms with Crippen molar-refractivity contribution in [3.05, 3.63) is 34.1 Å². The Labute approximate surface area is 145 Å². The summed E-state index contributed by atoms with van der Waals surface area (Å²) >= 11 is 0. The minimum atomic E-state index is -4.87. The molecule has 0 aliphatic heterocycles. The van der Waals surface area contributed by atoms with Gasteiger partial charge in [-0.15, -0.1) is 5.10 Å². The van der Waals surface area contributed by atoms with Crippen LogP contribution in [0.25, 0.3) is 11.5 Å². The van der Waals surface area contributed by atoms with Crippen molar-refractivity contribution in [3.63, 3.8) is 0 Å². The van der Waals surface area contributed by atoms with E-state index in [0.29, 0.717) is 6.07 Å². The first-order valence-electron chi connectivity index (χ1n) is 8.20. The molecule has 1 aliphatic carbocycles. The van der Waals surface area contributed by atoms with Gasteiger partial charge in [-0.1, -0.05) is 0 Å². The first-order chi connectivity index (χ1) is 12.2. The third-order valence-corrected chi connectivity index (χ3v) is 4.53. The van der Waals surface area contributed by atoms with Crippen molar-refractivity contribution < 1.29 is 22.0 Å². The van der Waals surface area contributed by atoms with Crippen LogP contribution in [-0.2, 0) is 6.18 Å². The lowest BCUT2D eigenvalue weighted by molar-refractivity contribution is -0.139. The predicted octanol–water partition coefficient (Wildman–Crippen LogP) is 3.12. The molecule has 4 N–H and O–H groups in total. The number of nitrogens with zero attached hydrogens (tertiary/aromatic N) is 1. The van der Waals surface area contributed by atoms with E-state index in [0.717, 1.165) is 31.7 Å². The average Bonchev–Trinajstić information content (AvgIpc) is 2.99. The van der Waals surface area contributed by atoms with Gasteiger partial charge in [0.2, 0.25) is 5.89 Å². The number of hydrogen-bond acceptors (Lipinski definition) is 5. The molecule has 6 nitrogen and oxygen atoms in total. The van der Waals surface area contributed by atoms with Crippen LogP contribution in [0.5, 0.6) is 0 Å². The van der Waals surface area contributed by atoms with Crippen LogP contribution < -0.4 is 16.8 Å². The Hall–Kier alpha value is -2.36. The summed E-state index contributed by atoms with van der Waals surface area (Å²) in [6.45, 7) is 0.267. The normalized spacial score (nSPS) is 21.0. The molecular formula is C16H18F4N4O2. The molecule has 1 aromatic heterocycles. The Bertz CT molecular complexity index is 822. The molecule has 0 radical (unpaired) electrons. The van der Waals surface area contributed by atoms with Crippen molar-refractivity contribution in [3.8, 4) is 11.5 Å². The second kappa shape index (κ2) is 7.10. The minimum Gasteiger partial charge on any atom is -0.388 e. The van der Waals surface area contributed by atoms with Crippen molar-refractivity contribution in [2.75, 3.05) is 11.9 Å². The molecule has 0 atom stereocenters. The van der Waals surface area contributed by atoms with E-state index in [1.165, 1.54) is 0 Å². The fourth-order valence-corrected chi connectivity index (χ4v) is 3.16. The Balaban J connectivity index is 1.89. The molecule has 142 valence electrons. The highest BCUT2D eigenvalue weighted by Crippen LogP contribution is 2.39. The summed E-state index contributed by atoms with van der Waals surface area (Å²) in [5.41, 5.74) is 3.97. The van der Waals surface area contributed by atoms with Gasteiger partial charge in [0, 0.05) is 18.2 Å². The summed E-state index contributed by atoms with van der Waals surface area (Å²) < 4.78 is 58.7. The topological polar surface area (TPSA) is 96.9 Å². The highest BCUT2D eigenvalue weighted by molar-refractivity contribution is 5.65. The smallest absolute Gasteiger partial charge is 0.388 e. The SMILES string of the molecule is NC1CCC(CNc2cc(-c3n[nH]c(=O)o3)cc(F)c2C(F)(F)F)CC1. The molecule has 0 unspecified atom stereocenters. The lowest BCUT2D eigenvalue weighted by Gasteiger charge is -2.27. The molecule has 0 amide bonds. The van der Waals surface area contributed by atoms with Crippen LogP contribution >= 0.6 is 0 Å². The van der Waals surface area contributed by atoms with Gasteiger partial charge in [0.15, 0.2) is 0 Å². The fraction of sp³-hybridized carbons (Fsp3) is 0.500. The van der Waals surface area contributed by atoms with Crippen LogP contribution in [-0.4, -0.2) is 22.8 Å². The Kier molecular flexibility index (Phi) is 5.03. The van der Waals surface area contributed by atoms with E-state index in [1.807, 2.05) is 5.10 Å². The number of nitrogens with two attached hydrogens (primary N) is 1. The highest BCUT2D eigenvalue weighted by atomic mass is 19.4. The van der Waals surface area contributed by atoms with E-state index in [1.54, 1.807) is 0 Å². The lowest BCUT2D eigenvalue weighted by atomic mass is 9.86. The minimum absolute atomic E-state index is 0.0676. The second-order valence-electron chi connectivity index (χ2n) is 6.46. The monoisotopic (exact) mass is 374 g/mol. The Morgan fingerprint density at radius 3 is 2.54 bits per heavy atom. The number of H-pyrrole nitrogens is 1. The van der Waals surface area contributed by atoms with Gasteiger partial charge in [-0.25, -0.2) is 14.3 Å². The molecule has 2 aromatic rings. The maximum atomic E-state index is 14.2. The number of nitrogens with one attached hydrogen (secondary N) is 2. The molecule has 1 fully saturated rings. The van der Waals surface area contributed by atoms with Crippen LogP contribution in [0.2, 0.25) is 0 Å². The van der Waals surface area contributed by atoms with Crippen molar-refractivity contribution in [2.24, 2.45) is 11.7 Å². The molecule has 26 heavy (non-hydrogen) atoms. The summed E-state index contributed by atoms with van der Waals surface area (Å²) in [6.07, 6.45) is -1.65.